The first-order valence-electron chi connectivity index (χ1n) is 11.4. The molecule has 2 aromatic carbocycles. The standard InChI is InChI=1S/C26H32N2O5S/c1-5-28(26(2,3)24(30)31)23(29)22(14-15-34-4)27-25(32)33-16-21-19-12-8-6-10-17(19)18-11-7-9-13-20(18)21/h6-13,21-22H,5,14-16H2,1-4H3,(H,27,32)(H,30,31)/t22-/m1/s1. The van der Waals surface area contributed by atoms with Gasteiger partial charge in [0.1, 0.15) is 18.2 Å². The highest BCUT2D eigenvalue weighted by Crippen LogP contribution is 2.44. The van der Waals surface area contributed by atoms with E-state index in [-0.39, 0.29) is 19.1 Å². The zero-order chi connectivity index (χ0) is 24.9. The summed E-state index contributed by atoms with van der Waals surface area (Å²) in [5.41, 5.74) is 3.08. The Hall–Kier alpha value is -3.00. The molecular formula is C26H32N2O5S. The van der Waals surface area contributed by atoms with Gasteiger partial charge in [0.2, 0.25) is 5.91 Å². The zero-order valence-electron chi connectivity index (χ0n) is 20.0. The summed E-state index contributed by atoms with van der Waals surface area (Å²) in [5, 5.41) is 12.3. The number of nitrogens with one attached hydrogen (secondary N) is 1. The van der Waals surface area contributed by atoms with Crippen molar-refractivity contribution in [3.8, 4) is 11.1 Å². The van der Waals surface area contributed by atoms with E-state index in [1.807, 2.05) is 42.7 Å². The molecule has 8 heteroatoms. The predicted molar refractivity (Wildman–Crippen MR) is 134 cm³/mol. The normalized spacial score (nSPS) is 13.5. The van der Waals surface area contributed by atoms with Crippen LogP contribution in [0, 0.1) is 0 Å². The van der Waals surface area contributed by atoms with Gasteiger partial charge in [0.15, 0.2) is 0 Å². The minimum Gasteiger partial charge on any atom is -0.480 e. The van der Waals surface area contributed by atoms with Crippen LogP contribution < -0.4 is 5.32 Å². The second-order valence-electron chi connectivity index (χ2n) is 8.75. The number of amides is 2. The van der Waals surface area contributed by atoms with Crippen molar-refractivity contribution in [3.63, 3.8) is 0 Å². The van der Waals surface area contributed by atoms with Crippen molar-refractivity contribution in [2.24, 2.45) is 0 Å². The van der Waals surface area contributed by atoms with E-state index in [2.05, 4.69) is 17.4 Å². The maximum Gasteiger partial charge on any atom is 0.407 e. The lowest BCUT2D eigenvalue weighted by molar-refractivity contribution is -0.157. The van der Waals surface area contributed by atoms with E-state index < -0.39 is 29.6 Å². The van der Waals surface area contributed by atoms with E-state index >= 15 is 0 Å². The Morgan fingerprint density at radius 3 is 2.15 bits per heavy atom. The van der Waals surface area contributed by atoms with Crippen LogP contribution in [0.15, 0.2) is 48.5 Å². The lowest BCUT2D eigenvalue weighted by atomic mass is 9.98. The predicted octanol–water partition coefficient (Wildman–Crippen LogP) is 4.36. The molecule has 0 unspecified atom stereocenters. The maximum atomic E-state index is 13.2. The molecular weight excluding hydrogens is 452 g/mol. The molecule has 0 aliphatic heterocycles. The second-order valence-corrected chi connectivity index (χ2v) is 9.74. The first-order chi connectivity index (χ1) is 16.2. The number of fused-ring (bicyclic) bond motifs is 3. The molecule has 0 spiro atoms. The Labute approximate surface area is 204 Å². The van der Waals surface area contributed by atoms with Crippen LogP contribution in [0.2, 0.25) is 0 Å². The third kappa shape index (κ3) is 5.22. The third-order valence-corrected chi connectivity index (χ3v) is 6.97. The van der Waals surface area contributed by atoms with Crippen LogP contribution in [0.5, 0.6) is 0 Å². The summed E-state index contributed by atoms with van der Waals surface area (Å²) in [5.74, 6) is -0.994. The van der Waals surface area contributed by atoms with Crippen molar-refractivity contribution in [1.82, 2.24) is 10.2 Å². The Bertz CT molecular complexity index is 1010. The maximum absolute atomic E-state index is 13.2. The van der Waals surface area contributed by atoms with E-state index in [1.165, 1.54) is 18.7 Å². The van der Waals surface area contributed by atoms with Crippen molar-refractivity contribution >= 4 is 29.7 Å². The number of likely N-dealkylation sites (N-methyl/N-ethyl adjacent to an activating group) is 1. The third-order valence-electron chi connectivity index (χ3n) is 6.32. The number of ether oxygens (including phenoxy) is 1. The van der Waals surface area contributed by atoms with Gasteiger partial charge in [0.25, 0.3) is 0 Å². The van der Waals surface area contributed by atoms with Gasteiger partial charge in [-0.2, -0.15) is 11.8 Å². The highest BCUT2D eigenvalue weighted by molar-refractivity contribution is 7.98. The molecule has 1 aliphatic carbocycles. The Morgan fingerprint density at radius 2 is 1.65 bits per heavy atom. The number of carboxylic acids is 1. The van der Waals surface area contributed by atoms with E-state index in [9.17, 15) is 19.5 Å². The largest absolute Gasteiger partial charge is 0.480 e. The number of hydrogen-bond donors (Lipinski definition) is 2. The SMILES string of the molecule is CCN(C(=O)[C@@H](CCSC)NC(=O)OCC1c2ccccc2-c2ccccc21)C(C)(C)C(=O)O. The summed E-state index contributed by atoms with van der Waals surface area (Å²) in [6, 6.07) is 15.3. The zero-order valence-corrected chi connectivity index (χ0v) is 20.9. The number of alkyl carbamates (subject to hydrolysis) is 1. The molecule has 0 saturated heterocycles. The lowest BCUT2D eigenvalue weighted by Gasteiger charge is -2.36. The molecule has 2 aromatic rings. The lowest BCUT2D eigenvalue weighted by Crippen LogP contribution is -2.58. The molecule has 0 bridgehead atoms. The molecule has 0 radical (unpaired) electrons. The summed E-state index contributed by atoms with van der Waals surface area (Å²) in [6.45, 7) is 5.04. The van der Waals surface area contributed by atoms with Gasteiger partial charge in [0, 0.05) is 12.5 Å². The van der Waals surface area contributed by atoms with Crippen molar-refractivity contribution < 1.29 is 24.2 Å². The average Bonchev–Trinajstić information content (AvgIpc) is 3.14. The number of thioether (sulfide) groups is 1. The minimum absolute atomic E-state index is 0.0865. The van der Waals surface area contributed by atoms with Crippen molar-refractivity contribution in [3.05, 3.63) is 59.7 Å². The highest BCUT2D eigenvalue weighted by atomic mass is 32.2. The topological polar surface area (TPSA) is 95.9 Å². The van der Waals surface area contributed by atoms with Gasteiger partial charge in [-0.3, -0.25) is 4.79 Å². The van der Waals surface area contributed by atoms with Crippen LogP contribution in [0.4, 0.5) is 4.79 Å². The van der Waals surface area contributed by atoms with E-state index in [0.29, 0.717) is 12.2 Å². The summed E-state index contributed by atoms with van der Waals surface area (Å²) < 4.78 is 5.60. The van der Waals surface area contributed by atoms with Crippen LogP contribution in [-0.2, 0) is 14.3 Å². The fourth-order valence-electron chi connectivity index (χ4n) is 4.41. The molecule has 1 aliphatic rings. The first kappa shape index (κ1) is 25.6. The molecule has 182 valence electrons. The Kier molecular flexibility index (Phi) is 8.25. The van der Waals surface area contributed by atoms with Gasteiger partial charge >= 0.3 is 12.1 Å². The number of carbonyl (C=O) groups is 3. The van der Waals surface area contributed by atoms with Gasteiger partial charge < -0.3 is 20.1 Å². The molecule has 1 atom stereocenters. The number of benzene rings is 2. The summed E-state index contributed by atoms with van der Waals surface area (Å²) >= 11 is 1.55. The number of aliphatic carboxylic acids is 1. The molecule has 2 N–H and O–H groups in total. The van der Waals surface area contributed by atoms with Gasteiger partial charge in [-0.1, -0.05) is 48.5 Å². The van der Waals surface area contributed by atoms with Gasteiger partial charge in [-0.15, -0.1) is 0 Å². The molecule has 0 heterocycles. The second kappa shape index (κ2) is 11.0. The van der Waals surface area contributed by atoms with Crippen molar-refractivity contribution in [1.29, 1.82) is 0 Å². The highest BCUT2D eigenvalue weighted by Gasteiger charge is 2.40. The quantitative estimate of drug-likeness (QED) is 0.520. The van der Waals surface area contributed by atoms with E-state index in [4.69, 9.17) is 4.74 Å². The molecule has 2 amide bonds. The van der Waals surface area contributed by atoms with Crippen molar-refractivity contribution in [2.45, 2.75) is 44.7 Å². The Morgan fingerprint density at radius 1 is 1.09 bits per heavy atom. The number of carbonyl (C=O) groups excluding carboxylic acids is 2. The van der Waals surface area contributed by atoms with Crippen LogP contribution in [-0.4, -0.2) is 64.7 Å². The monoisotopic (exact) mass is 484 g/mol. The van der Waals surface area contributed by atoms with Crippen LogP contribution in [0.3, 0.4) is 0 Å². The number of hydrogen-bond acceptors (Lipinski definition) is 5. The van der Waals surface area contributed by atoms with Crippen LogP contribution in [0.1, 0.15) is 44.2 Å². The number of nitrogens with zero attached hydrogens (tertiary/aromatic N) is 1. The molecule has 7 nitrogen and oxygen atoms in total. The fourth-order valence-corrected chi connectivity index (χ4v) is 4.88. The molecule has 0 aromatic heterocycles. The molecule has 34 heavy (non-hydrogen) atoms. The number of carboxylic acid groups (broad SMARTS) is 1. The van der Waals surface area contributed by atoms with Gasteiger partial charge in [-0.05, 0) is 61.5 Å². The molecule has 0 fully saturated rings. The minimum atomic E-state index is -1.40. The number of rotatable bonds is 10. The van der Waals surface area contributed by atoms with E-state index in [1.54, 1.807) is 18.7 Å². The fraction of sp³-hybridized carbons (Fsp3) is 0.423. The first-order valence-corrected chi connectivity index (χ1v) is 12.8. The summed E-state index contributed by atoms with van der Waals surface area (Å²) in [4.78, 5) is 39.0. The molecule has 0 saturated carbocycles. The molecule has 3 rings (SSSR count). The Balaban J connectivity index is 1.72. The van der Waals surface area contributed by atoms with Gasteiger partial charge in [-0.25, -0.2) is 9.59 Å². The summed E-state index contributed by atoms with van der Waals surface area (Å²) in [7, 11) is 0. The smallest absolute Gasteiger partial charge is 0.407 e. The van der Waals surface area contributed by atoms with Crippen LogP contribution >= 0.6 is 11.8 Å². The van der Waals surface area contributed by atoms with Crippen LogP contribution in [0.25, 0.3) is 11.1 Å². The van der Waals surface area contributed by atoms with Crippen molar-refractivity contribution in [2.75, 3.05) is 25.2 Å². The van der Waals surface area contributed by atoms with Gasteiger partial charge in [0.05, 0.1) is 0 Å². The van der Waals surface area contributed by atoms with E-state index in [0.717, 1.165) is 22.3 Å². The summed E-state index contributed by atoms with van der Waals surface area (Å²) in [6.07, 6.45) is 1.59. The average molecular weight is 485 g/mol.